The molecule has 4 heterocycles. The summed E-state index contributed by atoms with van der Waals surface area (Å²) in [5.74, 6) is 4.53. The van der Waals surface area contributed by atoms with Gasteiger partial charge >= 0.3 is 0 Å². The van der Waals surface area contributed by atoms with E-state index in [1.54, 1.807) is 0 Å². The van der Waals surface area contributed by atoms with Crippen LogP contribution in [0, 0.1) is 35.5 Å². The molecule has 8 rings (SSSR count). The number of carbonyl (C=O) groups excluding carboxylic acids is 2. The average molecular weight is 895 g/mol. The molecule has 66 heavy (non-hydrogen) atoms. The highest BCUT2D eigenvalue weighted by atomic mass is 16.5. The van der Waals surface area contributed by atoms with Crippen LogP contribution < -0.4 is 10.6 Å². The maximum absolute atomic E-state index is 12.9. The Hall–Kier alpha value is -5.76. The lowest BCUT2D eigenvalue weighted by atomic mass is 9.75. The van der Waals surface area contributed by atoms with Gasteiger partial charge in [0.05, 0.1) is 48.0 Å². The highest BCUT2D eigenvalue weighted by Gasteiger charge is 2.40. The Morgan fingerprint density at radius 3 is 1.32 bits per heavy atom. The van der Waals surface area contributed by atoms with Crippen LogP contribution in [0.4, 0.5) is 11.4 Å². The van der Waals surface area contributed by atoms with Crippen LogP contribution in [0.5, 0.6) is 0 Å². The van der Waals surface area contributed by atoms with Crippen molar-refractivity contribution in [2.45, 2.75) is 155 Å². The van der Waals surface area contributed by atoms with Gasteiger partial charge in [-0.1, -0.05) is 63.8 Å². The molecule has 6 N–H and O–H groups in total. The highest BCUT2D eigenvalue weighted by molar-refractivity contribution is 6.04. The average Bonchev–Trinajstić information content (AvgIpc) is 3.95. The van der Waals surface area contributed by atoms with Gasteiger partial charge in [0.1, 0.15) is 11.4 Å². The summed E-state index contributed by atoms with van der Waals surface area (Å²) in [6.07, 6.45) is 26.2. The normalized spacial score (nSPS) is 26.8. The number of anilines is 2. The van der Waals surface area contributed by atoms with Gasteiger partial charge in [0, 0.05) is 48.2 Å². The van der Waals surface area contributed by atoms with E-state index < -0.39 is 11.2 Å². The lowest BCUT2D eigenvalue weighted by Crippen LogP contribution is -2.41. The van der Waals surface area contributed by atoms with Crippen LogP contribution in [0.2, 0.25) is 0 Å². The molecule has 2 aromatic carbocycles. The fourth-order valence-corrected chi connectivity index (χ4v) is 9.97. The van der Waals surface area contributed by atoms with Crippen molar-refractivity contribution in [3.63, 3.8) is 0 Å². The van der Waals surface area contributed by atoms with E-state index >= 15 is 0 Å². The molecule has 0 saturated carbocycles. The molecule has 2 aliphatic carbocycles. The van der Waals surface area contributed by atoms with Gasteiger partial charge in [-0.25, -0.2) is 9.97 Å². The van der Waals surface area contributed by atoms with Crippen molar-refractivity contribution in [3.05, 3.63) is 106 Å². The van der Waals surface area contributed by atoms with E-state index in [-0.39, 0.29) is 58.7 Å². The number of aliphatic hydroxyl groups is 2. The molecule has 4 aliphatic rings. The van der Waals surface area contributed by atoms with E-state index in [1.807, 2.05) is 64.1 Å². The van der Waals surface area contributed by atoms with Crippen molar-refractivity contribution < 1.29 is 29.3 Å². The Balaban J connectivity index is 0.000000196. The zero-order chi connectivity index (χ0) is 47.6. The minimum Gasteiger partial charge on any atom is -0.385 e. The summed E-state index contributed by atoms with van der Waals surface area (Å²) >= 11 is 0. The van der Waals surface area contributed by atoms with Gasteiger partial charge in [0.2, 0.25) is 0 Å². The maximum Gasteiger partial charge on any atom is 0.291 e. The molecule has 2 unspecified atom stereocenters. The number of nitrogens with zero attached hydrogens (tertiary/aromatic N) is 2. The molecule has 6 atom stereocenters. The maximum atomic E-state index is 12.9. The van der Waals surface area contributed by atoms with Gasteiger partial charge < -0.3 is 40.3 Å². The molecule has 12 nitrogen and oxygen atoms in total. The summed E-state index contributed by atoms with van der Waals surface area (Å²) in [4.78, 5) is 39.6. The number of benzene rings is 2. The van der Waals surface area contributed by atoms with Crippen molar-refractivity contribution in [3.8, 4) is 24.7 Å². The number of hydrogen-bond acceptors (Lipinski definition) is 8. The topological polar surface area (TPSA) is 174 Å². The molecule has 2 amide bonds. The zero-order valence-electron chi connectivity index (χ0n) is 39.7. The van der Waals surface area contributed by atoms with Gasteiger partial charge in [-0.2, -0.15) is 0 Å². The molecule has 4 aromatic rings. The molecule has 348 valence electrons. The summed E-state index contributed by atoms with van der Waals surface area (Å²) in [5, 5.41) is 29.1. The predicted octanol–water partition coefficient (Wildman–Crippen LogP) is 10.0. The summed E-state index contributed by atoms with van der Waals surface area (Å²) in [5.41, 5.74) is 6.87. The standard InChI is InChI=1S/2C27H33N3O3/c2*1-6-21-16-28-24(29-21)25(31)30-23-8-7-20(27(32)14-17(2)33-18(3)15-27)13-22(23)19-9-11-26(4,5)12-10-19/h2*1,7-9,13,16-18,32H,10-12,14-15H2,2-5H3,(H,28,29)(H,30,31)/t2*17-,18+,27?. The number of carbonyl (C=O) groups is 2. The number of hydrogen-bond donors (Lipinski definition) is 6. The highest BCUT2D eigenvalue weighted by Crippen LogP contribution is 2.45. The summed E-state index contributed by atoms with van der Waals surface area (Å²) in [6.45, 7) is 17.1. The third-order valence-electron chi connectivity index (χ3n) is 13.6. The van der Waals surface area contributed by atoms with Crippen molar-refractivity contribution in [1.82, 2.24) is 19.9 Å². The van der Waals surface area contributed by atoms with Crippen LogP contribution in [-0.4, -0.2) is 66.4 Å². The molecule has 2 fully saturated rings. The SMILES string of the molecule is C#Cc1cnc(C(=O)Nc2ccc(C3(O)C[C@@H](C)O[C@@H](C)C3)cc2C2=CCC(C)(C)CC2)[nH]1.C#Cc1cnc(C(=O)Nc2ccc(C3(O)C[C@@H](C)O[C@@H](C)C3)cc2C2=CCC(C)(C)CC2)[nH]1. The third-order valence-corrected chi connectivity index (χ3v) is 13.6. The van der Waals surface area contributed by atoms with E-state index in [4.69, 9.17) is 22.3 Å². The Kier molecular flexibility index (Phi) is 14.0. The van der Waals surface area contributed by atoms with Gasteiger partial charge in [0.15, 0.2) is 11.6 Å². The van der Waals surface area contributed by atoms with Crippen LogP contribution in [0.3, 0.4) is 0 Å². The molecule has 2 saturated heterocycles. The summed E-state index contributed by atoms with van der Waals surface area (Å²) in [7, 11) is 0. The van der Waals surface area contributed by atoms with Crippen molar-refractivity contribution in [2.24, 2.45) is 10.8 Å². The first-order valence-electron chi connectivity index (χ1n) is 23.3. The molecule has 0 bridgehead atoms. The smallest absolute Gasteiger partial charge is 0.291 e. The van der Waals surface area contributed by atoms with Crippen LogP contribution in [0.1, 0.15) is 174 Å². The van der Waals surface area contributed by atoms with E-state index in [2.05, 4.69) is 82.3 Å². The van der Waals surface area contributed by atoms with Crippen molar-refractivity contribution in [2.75, 3.05) is 10.6 Å². The van der Waals surface area contributed by atoms with Crippen molar-refractivity contribution >= 4 is 34.3 Å². The first-order chi connectivity index (χ1) is 31.2. The Labute approximate surface area is 389 Å². The number of aromatic nitrogens is 4. The number of H-pyrrole nitrogens is 2. The zero-order valence-corrected chi connectivity index (χ0v) is 39.7. The molecule has 2 aromatic heterocycles. The lowest BCUT2D eigenvalue weighted by molar-refractivity contribution is -0.136. The second-order valence-electron chi connectivity index (χ2n) is 20.6. The minimum absolute atomic E-state index is 0.0272. The molecule has 0 spiro atoms. The molecule has 12 heteroatoms. The van der Waals surface area contributed by atoms with E-state index in [1.165, 1.54) is 23.5 Å². The lowest BCUT2D eigenvalue weighted by Gasteiger charge is -2.40. The van der Waals surface area contributed by atoms with Gasteiger partial charge in [-0.05, 0) is 124 Å². The molecule has 0 radical (unpaired) electrons. The van der Waals surface area contributed by atoms with E-state index in [0.717, 1.165) is 60.8 Å². The Morgan fingerprint density at radius 1 is 0.652 bits per heavy atom. The monoisotopic (exact) mass is 895 g/mol. The Bertz CT molecular complexity index is 2400. The van der Waals surface area contributed by atoms with Gasteiger partial charge in [-0.15, -0.1) is 12.8 Å². The number of imidazole rings is 2. The number of allylic oxidation sites excluding steroid dienone is 4. The molecule has 2 aliphatic heterocycles. The number of amides is 2. The van der Waals surface area contributed by atoms with Gasteiger partial charge in [0.25, 0.3) is 11.8 Å². The van der Waals surface area contributed by atoms with Crippen LogP contribution >= 0.6 is 0 Å². The fourth-order valence-electron chi connectivity index (χ4n) is 9.97. The number of nitrogens with one attached hydrogen (secondary N) is 4. The summed E-state index contributed by atoms with van der Waals surface area (Å²) < 4.78 is 11.7. The van der Waals surface area contributed by atoms with E-state index in [0.29, 0.717) is 48.4 Å². The number of ether oxygens (including phenoxy) is 2. The molecular weight excluding hydrogens is 829 g/mol. The van der Waals surface area contributed by atoms with Crippen LogP contribution in [0.25, 0.3) is 11.1 Å². The predicted molar refractivity (Wildman–Crippen MR) is 259 cm³/mol. The largest absolute Gasteiger partial charge is 0.385 e. The summed E-state index contributed by atoms with van der Waals surface area (Å²) in [6, 6.07) is 11.7. The van der Waals surface area contributed by atoms with E-state index in [9.17, 15) is 19.8 Å². The van der Waals surface area contributed by atoms with Crippen LogP contribution in [-0.2, 0) is 20.7 Å². The number of terminal acetylenes is 2. The quantitative estimate of drug-likeness (QED) is 0.0948. The first-order valence-corrected chi connectivity index (χ1v) is 23.3. The molecular formula is C54H66N6O6. The fraction of sp³-hybridized carbons (Fsp3) is 0.481. The second kappa shape index (κ2) is 19.2. The number of aromatic amines is 2. The van der Waals surface area contributed by atoms with Gasteiger partial charge in [-0.3, -0.25) is 9.59 Å². The second-order valence-corrected chi connectivity index (χ2v) is 20.6. The van der Waals surface area contributed by atoms with Crippen molar-refractivity contribution in [1.29, 1.82) is 0 Å². The Morgan fingerprint density at radius 2 is 1.02 bits per heavy atom. The first kappa shape index (κ1) is 48.2. The van der Waals surface area contributed by atoms with Crippen LogP contribution in [0.15, 0.2) is 60.9 Å². The third kappa shape index (κ3) is 11.2. The number of rotatable bonds is 8. The minimum atomic E-state index is -0.967.